The van der Waals surface area contributed by atoms with Crippen molar-refractivity contribution in [1.29, 1.82) is 0 Å². The van der Waals surface area contributed by atoms with E-state index in [1.807, 2.05) is 6.92 Å². The number of carbonyl (C=O) groups is 3. The predicted octanol–water partition coefficient (Wildman–Crippen LogP) is 2.07. The minimum Gasteiger partial charge on any atom is -0.454 e. The molecule has 98 valence electrons. The molecule has 6 heteroatoms. The molecule has 1 aromatic heterocycles. The summed E-state index contributed by atoms with van der Waals surface area (Å²) in [7, 11) is 0. The first kappa shape index (κ1) is 14.4. The van der Waals surface area contributed by atoms with Gasteiger partial charge in [0, 0.05) is 11.8 Å². The van der Waals surface area contributed by atoms with E-state index < -0.39 is 5.97 Å². The van der Waals surface area contributed by atoms with Crippen LogP contribution in [0.4, 0.5) is 5.00 Å². The summed E-state index contributed by atoms with van der Waals surface area (Å²) in [6.07, 6.45) is 0. The topological polar surface area (TPSA) is 72.5 Å². The standard InChI is InChI=1S/C12H15NO4S/c1-6(14)5-17-12(16)10-7(2)8(3)18-11(10)13-9(4)15/h5H2,1-4H3,(H,13,15). The highest BCUT2D eigenvalue weighted by molar-refractivity contribution is 7.16. The number of amides is 1. The third-order valence-corrected chi connectivity index (χ3v) is 3.41. The van der Waals surface area contributed by atoms with Crippen molar-refractivity contribution in [2.45, 2.75) is 27.7 Å². The Morgan fingerprint density at radius 1 is 1.22 bits per heavy atom. The number of nitrogens with one attached hydrogen (secondary N) is 1. The average Bonchev–Trinajstić information content (AvgIpc) is 2.50. The summed E-state index contributed by atoms with van der Waals surface area (Å²) in [6.45, 7) is 6.09. The van der Waals surface area contributed by atoms with E-state index in [4.69, 9.17) is 4.74 Å². The molecule has 0 aromatic carbocycles. The van der Waals surface area contributed by atoms with Crippen LogP contribution in [-0.4, -0.2) is 24.3 Å². The Hall–Kier alpha value is -1.69. The first-order chi connectivity index (χ1) is 8.32. The van der Waals surface area contributed by atoms with Crippen LogP contribution in [0.1, 0.15) is 34.6 Å². The summed E-state index contributed by atoms with van der Waals surface area (Å²) in [4.78, 5) is 34.6. The number of hydrogen-bond donors (Lipinski definition) is 1. The molecule has 0 bridgehead atoms. The molecule has 0 saturated carbocycles. The first-order valence-electron chi connectivity index (χ1n) is 5.37. The van der Waals surface area contributed by atoms with E-state index in [1.165, 1.54) is 25.2 Å². The maximum atomic E-state index is 11.9. The Bertz CT molecular complexity index is 504. The third-order valence-electron chi connectivity index (χ3n) is 2.29. The second-order valence-corrected chi connectivity index (χ2v) is 5.17. The minimum absolute atomic E-state index is 0.228. The van der Waals surface area contributed by atoms with Gasteiger partial charge in [-0.25, -0.2) is 4.79 Å². The highest BCUT2D eigenvalue weighted by atomic mass is 32.1. The smallest absolute Gasteiger partial charge is 0.341 e. The van der Waals surface area contributed by atoms with E-state index in [9.17, 15) is 14.4 Å². The van der Waals surface area contributed by atoms with Gasteiger partial charge in [0.25, 0.3) is 0 Å². The van der Waals surface area contributed by atoms with Crippen LogP contribution in [0.3, 0.4) is 0 Å². The summed E-state index contributed by atoms with van der Waals surface area (Å²) in [5.41, 5.74) is 1.09. The monoisotopic (exact) mass is 269 g/mol. The molecule has 5 nitrogen and oxygen atoms in total. The number of ether oxygens (including phenoxy) is 1. The number of anilines is 1. The lowest BCUT2D eigenvalue weighted by molar-refractivity contribution is -0.120. The maximum absolute atomic E-state index is 11.9. The van der Waals surface area contributed by atoms with E-state index in [0.717, 1.165) is 10.4 Å². The number of rotatable bonds is 4. The molecular formula is C12H15NO4S. The molecule has 0 radical (unpaired) electrons. The molecule has 0 aliphatic carbocycles. The van der Waals surface area contributed by atoms with Crippen LogP contribution in [0.5, 0.6) is 0 Å². The molecule has 18 heavy (non-hydrogen) atoms. The number of hydrogen-bond acceptors (Lipinski definition) is 5. The summed E-state index contributed by atoms with van der Waals surface area (Å²) in [5.74, 6) is -1.07. The van der Waals surface area contributed by atoms with Crippen LogP contribution in [-0.2, 0) is 14.3 Å². The molecule has 0 unspecified atom stereocenters. The zero-order chi connectivity index (χ0) is 13.9. The molecule has 1 heterocycles. The molecular weight excluding hydrogens is 254 g/mol. The van der Waals surface area contributed by atoms with Crippen molar-refractivity contribution < 1.29 is 19.1 Å². The Balaban J connectivity index is 3.01. The summed E-state index contributed by atoms with van der Waals surface area (Å²) in [5, 5.41) is 3.06. The molecule has 0 aliphatic heterocycles. The summed E-state index contributed by atoms with van der Waals surface area (Å²) >= 11 is 1.31. The predicted molar refractivity (Wildman–Crippen MR) is 69.1 cm³/mol. The van der Waals surface area contributed by atoms with E-state index in [0.29, 0.717) is 10.6 Å². The molecule has 0 atom stereocenters. The second-order valence-electron chi connectivity index (χ2n) is 3.95. The van der Waals surface area contributed by atoms with Crippen LogP contribution < -0.4 is 5.32 Å². The lowest BCUT2D eigenvalue weighted by Gasteiger charge is -2.05. The van der Waals surface area contributed by atoms with Gasteiger partial charge < -0.3 is 10.1 Å². The fourth-order valence-corrected chi connectivity index (χ4v) is 2.45. The highest BCUT2D eigenvalue weighted by Crippen LogP contribution is 2.32. The molecule has 0 aliphatic rings. The van der Waals surface area contributed by atoms with Gasteiger partial charge in [0.2, 0.25) is 5.91 Å². The van der Waals surface area contributed by atoms with Gasteiger partial charge in [0.05, 0.1) is 5.56 Å². The van der Waals surface area contributed by atoms with Gasteiger partial charge in [-0.15, -0.1) is 11.3 Å². The first-order valence-corrected chi connectivity index (χ1v) is 6.18. The number of thiophene rings is 1. The van der Waals surface area contributed by atoms with Gasteiger partial charge in [-0.3, -0.25) is 9.59 Å². The van der Waals surface area contributed by atoms with E-state index in [-0.39, 0.29) is 18.3 Å². The third kappa shape index (κ3) is 3.40. The fourth-order valence-electron chi connectivity index (χ4n) is 1.36. The van der Waals surface area contributed by atoms with Crippen molar-refractivity contribution in [1.82, 2.24) is 0 Å². The number of Topliss-reactive ketones (excluding diaryl/α,β-unsaturated/α-hetero) is 1. The van der Waals surface area contributed by atoms with Gasteiger partial charge >= 0.3 is 5.97 Å². The SMILES string of the molecule is CC(=O)COC(=O)c1c(NC(C)=O)sc(C)c1C. The largest absolute Gasteiger partial charge is 0.454 e. The zero-order valence-corrected chi connectivity index (χ0v) is 11.6. The van der Waals surface area contributed by atoms with Crippen molar-refractivity contribution >= 4 is 34.0 Å². The van der Waals surface area contributed by atoms with E-state index in [1.54, 1.807) is 6.92 Å². The number of ketones is 1. The summed E-state index contributed by atoms with van der Waals surface area (Å²) in [6, 6.07) is 0. The Labute approximate surface area is 109 Å². The van der Waals surface area contributed by atoms with Gasteiger partial charge in [-0.1, -0.05) is 0 Å². The fraction of sp³-hybridized carbons (Fsp3) is 0.417. The molecule has 0 spiro atoms. The Kier molecular flexibility index (Phi) is 4.61. The number of carbonyl (C=O) groups excluding carboxylic acids is 3. The highest BCUT2D eigenvalue weighted by Gasteiger charge is 2.21. The average molecular weight is 269 g/mol. The lowest BCUT2D eigenvalue weighted by Crippen LogP contribution is -2.14. The quantitative estimate of drug-likeness (QED) is 0.849. The van der Waals surface area contributed by atoms with Crippen LogP contribution in [0.2, 0.25) is 0 Å². The van der Waals surface area contributed by atoms with Crippen molar-refractivity contribution in [3.05, 3.63) is 16.0 Å². The molecule has 1 amide bonds. The van der Waals surface area contributed by atoms with Gasteiger partial charge in [-0.2, -0.15) is 0 Å². The second kappa shape index (κ2) is 5.77. The van der Waals surface area contributed by atoms with E-state index >= 15 is 0 Å². The van der Waals surface area contributed by atoms with Crippen molar-refractivity contribution in [2.75, 3.05) is 11.9 Å². The number of aryl methyl sites for hydroxylation is 1. The Morgan fingerprint density at radius 2 is 1.83 bits per heavy atom. The molecule has 1 rings (SSSR count). The Morgan fingerprint density at radius 3 is 2.33 bits per heavy atom. The molecule has 1 N–H and O–H groups in total. The summed E-state index contributed by atoms with van der Waals surface area (Å²) < 4.78 is 4.87. The van der Waals surface area contributed by atoms with Crippen LogP contribution in [0, 0.1) is 13.8 Å². The molecule has 1 aromatic rings. The van der Waals surface area contributed by atoms with Crippen LogP contribution >= 0.6 is 11.3 Å². The normalized spacial score (nSPS) is 10.0. The zero-order valence-electron chi connectivity index (χ0n) is 10.7. The van der Waals surface area contributed by atoms with Crippen molar-refractivity contribution in [3.8, 4) is 0 Å². The van der Waals surface area contributed by atoms with E-state index in [2.05, 4.69) is 5.32 Å². The van der Waals surface area contributed by atoms with Crippen LogP contribution in [0.15, 0.2) is 0 Å². The maximum Gasteiger partial charge on any atom is 0.341 e. The molecule has 0 fully saturated rings. The lowest BCUT2D eigenvalue weighted by atomic mass is 10.1. The van der Waals surface area contributed by atoms with Crippen molar-refractivity contribution in [2.24, 2.45) is 0 Å². The van der Waals surface area contributed by atoms with Gasteiger partial charge in [0.1, 0.15) is 11.6 Å². The van der Waals surface area contributed by atoms with Crippen molar-refractivity contribution in [3.63, 3.8) is 0 Å². The van der Waals surface area contributed by atoms with Gasteiger partial charge in [-0.05, 0) is 26.3 Å². The number of esters is 1. The van der Waals surface area contributed by atoms with Crippen LogP contribution in [0.25, 0.3) is 0 Å². The minimum atomic E-state index is -0.587. The molecule has 0 saturated heterocycles. The van der Waals surface area contributed by atoms with Gasteiger partial charge in [0.15, 0.2) is 5.78 Å².